The van der Waals surface area contributed by atoms with Crippen LogP contribution in [0.25, 0.3) is 0 Å². The van der Waals surface area contributed by atoms with E-state index in [1.165, 1.54) is 0 Å². The van der Waals surface area contributed by atoms with E-state index in [-0.39, 0.29) is 11.5 Å². The van der Waals surface area contributed by atoms with Gasteiger partial charge in [-0.05, 0) is 30.5 Å². The van der Waals surface area contributed by atoms with Gasteiger partial charge < -0.3 is 14.2 Å². The van der Waals surface area contributed by atoms with Gasteiger partial charge in [0.1, 0.15) is 11.5 Å². The second kappa shape index (κ2) is 6.16. The molecule has 0 radical (unpaired) electrons. The summed E-state index contributed by atoms with van der Waals surface area (Å²) < 4.78 is 16.5. The lowest BCUT2D eigenvalue weighted by Gasteiger charge is -2.36. The van der Waals surface area contributed by atoms with Gasteiger partial charge in [0.25, 0.3) is 0 Å². The quantitative estimate of drug-likeness (QED) is 0.854. The van der Waals surface area contributed by atoms with Gasteiger partial charge in [-0.15, -0.1) is 0 Å². The SMILES string of the molecule is COc1ccc(CC(=O)C2CCOC3(CCOC3)C2)cc1. The highest BCUT2D eigenvalue weighted by molar-refractivity contribution is 5.83. The van der Waals surface area contributed by atoms with E-state index in [1.54, 1.807) is 7.11 Å². The maximum atomic E-state index is 12.5. The Hall–Kier alpha value is -1.39. The van der Waals surface area contributed by atoms with Crippen LogP contribution in [0.1, 0.15) is 24.8 Å². The van der Waals surface area contributed by atoms with E-state index in [1.807, 2.05) is 24.3 Å². The molecule has 2 aliphatic rings. The number of methoxy groups -OCH3 is 1. The Morgan fingerprint density at radius 3 is 2.81 bits per heavy atom. The van der Waals surface area contributed by atoms with Gasteiger partial charge in [-0.25, -0.2) is 0 Å². The van der Waals surface area contributed by atoms with Crippen molar-refractivity contribution in [2.75, 3.05) is 26.9 Å². The van der Waals surface area contributed by atoms with Crippen LogP contribution < -0.4 is 4.74 Å². The van der Waals surface area contributed by atoms with Crippen LogP contribution >= 0.6 is 0 Å². The van der Waals surface area contributed by atoms with Crippen LogP contribution in [0.5, 0.6) is 5.75 Å². The number of hydrogen-bond donors (Lipinski definition) is 0. The Bertz CT molecular complexity index is 488. The number of carbonyl (C=O) groups is 1. The molecule has 0 bridgehead atoms. The summed E-state index contributed by atoms with van der Waals surface area (Å²) in [6.45, 7) is 2.06. The second-order valence-electron chi connectivity index (χ2n) is 6.01. The summed E-state index contributed by atoms with van der Waals surface area (Å²) >= 11 is 0. The summed E-state index contributed by atoms with van der Waals surface area (Å²) in [6, 6.07) is 7.73. The number of carbonyl (C=O) groups excluding carboxylic acids is 1. The van der Waals surface area contributed by atoms with Crippen molar-refractivity contribution in [1.82, 2.24) is 0 Å². The summed E-state index contributed by atoms with van der Waals surface area (Å²) in [5, 5.41) is 0. The summed E-state index contributed by atoms with van der Waals surface area (Å²) in [5.41, 5.74) is 0.849. The van der Waals surface area contributed by atoms with Crippen molar-refractivity contribution in [1.29, 1.82) is 0 Å². The van der Waals surface area contributed by atoms with E-state index < -0.39 is 0 Å². The third-order valence-corrected chi connectivity index (χ3v) is 4.55. The molecule has 2 fully saturated rings. The highest BCUT2D eigenvalue weighted by Crippen LogP contribution is 2.36. The van der Waals surface area contributed by atoms with Crippen molar-refractivity contribution in [2.24, 2.45) is 5.92 Å². The largest absolute Gasteiger partial charge is 0.497 e. The first-order valence-corrected chi connectivity index (χ1v) is 7.58. The van der Waals surface area contributed by atoms with Gasteiger partial charge in [-0.1, -0.05) is 12.1 Å². The predicted molar refractivity (Wildman–Crippen MR) is 78.5 cm³/mol. The predicted octanol–water partition coefficient (Wildman–Crippen LogP) is 2.39. The Morgan fingerprint density at radius 2 is 2.14 bits per heavy atom. The molecule has 2 unspecified atom stereocenters. The van der Waals surface area contributed by atoms with Gasteiger partial charge in [-0.3, -0.25) is 4.79 Å². The first kappa shape index (κ1) is 14.5. The lowest BCUT2D eigenvalue weighted by molar-refractivity contribution is -0.136. The van der Waals surface area contributed by atoms with E-state index >= 15 is 0 Å². The molecule has 21 heavy (non-hydrogen) atoms. The van der Waals surface area contributed by atoms with Crippen molar-refractivity contribution in [2.45, 2.75) is 31.3 Å². The smallest absolute Gasteiger partial charge is 0.140 e. The zero-order valence-corrected chi connectivity index (χ0v) is 12.5. The van der Waals surface area contributed by atoms with Crippen molar-refractivity contribution < 1.29 is 19.0 Å². The molecule has 4 nitrogen and oxygen atoms in total. The Kier molecular flexibility index (Phi) is 4.27. The number of ether oxygens (including phenoxy) is 3. The highest BCUT2D eigenvalue weighted by Gasteiger charge is 2.42. The van der Waals surface area contributed by atoms with Crippen LogP contribution in [0.2, 0.25) is 0 Å². The fourth-order valence-electron chi connectivity index (χ4n) is 3.25. The molecule has 4 heteroatoms. The molecule has 0 aromatic heterocycles. The van der Waals surface area contributed by atoms with Crippen LogP contribution in [-0.2, 0) is 20.7 Å². The minimum absolute atomic E-state index is 0.0996. The van der Waals surface area contributed by atoms with Crippen molar-refractivity contribution in [3.05, 3.63) is 29.8 Å². The monoisotopic (exact) mass is 290 g/mol. The first-order valence-electron chi connectivity index (χ1n) is 7.58. The molecular formula is C17H22O4. The standard InChI is InChI=1S/C17H22O4/c1-19-15-4-2-13(3-5-15)10-16(18)14-6-8-21-17(11-14)7-9-20-12-17/h2-5,14H,6-12H2,1H3. The molecule has 3 rings (SSSR count). The van der Waals surface area contributed by atoms with Gasteiger partial charge in [0.05, 0.1) is 19.3 Å². The van der Waals surface area contributed by atoms with Gasteiger partial charge in [0.2, 0.25) is 0 Å². The number of benzene rings is 1. The topological polar surface area (TPSA) is 44.8 Å². The molecular weight excluding hydrogens is 268 g/mol. The summed E-state index contributed by atoms with van der Waals surface area (Å²) in [5.74, 6) is 1.23. The van der Waals surface area contributed by atoms with Crippen LogP contribution in [0.4, 0.5) is 0 Å². The fourth-order valence-corrected chi connectivity index (χ4v) is 3.25. The van der Waals surface area contributed by atoms with Crippen molar-refractivity contribution in [3.63, 3.8) is 0 Å². The molecule has 0 amide bonds. The van der Waals surface area contributed by atoms with Crippen molar-refractivity contribution >= 4 is 5.78 Å². The minimum atomic E-state index is -0.196. The van der Waals surface area contributed by atoms with Crippen LogP contribution in [-0.4, -0.2) is 38.3 Å². The maximum Gasteiger partial charge on any atom is 0.140 e. The molecule has 2 saturated heterocycles. The second-order valence-corrected chi connectivity index (χ2v) is 6.01. The highest BCUT2D eigenvalue weighted by atomic mass is 16.6. The van der Waals surface area contributed by atoms with Gasteiger partial charge in [0, 0.05) is 32.0 Å². The third-order valence-electron chi connectivity index (χ3n) is 4.55. The van der Waals surface area contributed by atoms with E-state index in [2.05, 4.69) is 0 Å². The fraction of sp³-hybridized carbons (Fsp3) is 0.588. The summed E-state index contributed by atoms with van der Waals surface area (Å²) in [6.07, 6.45) is 3.05. The first-order chi connectivity index (χ1) is 10.2. The van der Waals surface area contributed by atoms with E-state index in [0.29, 0.717) is 25.4 Å². The number of rotatable bonds is 4. The normalized spacial score (nSPS) is 28.7. The maximum absolute atomic E-state index is 12.5. The zero-order chi connectivity index (χ0) is 14.7. The summed E-state index contributed by atoms with van der Waals surface area (Å²) in [4.78, 5) is 12.5. The molecule has 2 aliphatic heterocycles. The molecule has 0 saturated carbocycles. The van der Waals surface area contributed by atoms with Crippen molar-refractivity contribution in [3.8, 4) is 5.75 Å². The van der Waals surface area contributed by atoms with Gasteiger partial charge in [-0.2, -0.15) is 0 Å². The lowest BCUT2D eigenvalue weighted by atomic mass is 9.81. The van der Waals surface area contributed by atoms with Gasteiger partial charge in [0.15, 0.2) is 0 Å². The molecule has 1 aromatic carbocycles. The molecule has 114 valence electrons. The molecule has 0 N–H and O–H groups in total. The molecule has 0 aliphatic carbocycles. The third kappa shape index (κ3) is 3.27. The average molecular weight is 290 g/mol. The Labute approximate surface area is 125 Å². The molecule has 1 aromatic rings. The minimum Gasteiger partial charge on any atom is -0.497 e. The van der Waals surface area contributed by atoms with Crippen LogP contribution in [0.3, 0.4) is 0 Å². The lowest BCUT2D eigenvalue weighted by Crippen LogP contribution is -2.42. The molecule has 2 heterocycles. The van der Waals surface area contributed by atoms with Crippen LogP contribution in [0.15, 0.2) is 24.3 Å². The van der Waals surface area contributed by atoms with E-state index in [0.717, 1.165) is 37.2 Å². The van der Waals surface area contributed by atoms with Crippen LogP contribution in [0, 0.1) is 5.92 Å². The number of ketones is 1. The Morgan fingerprint density at radius 1 is 1.33 bits per heavy atom. The molecule has 1 spiro atoms. The Balaban J connectivity index is 1.61. The number of Topliss-reactive ketones (excluding diaryl/α,β-unsaturated/α-hetero) is 1. The van der Waals surface area contributed by atoms with E-state index in [4.69, 9.17) is 14.2 Å². The van der Waals surface area contributed by atoms with E-state index in [9.17, 15) is 4.79 Å². The number of hydrogen-bond acceptors (Lipinski definition) is 4. The summed E-state index contributed by atoms with van der Waals surface area (Å²) in [7, 11) is 1.64. The molecule has 2 atom stereocenters. The zero-order valence-electron chi connectivity index (χ0n) is 12.5. The van der Waals surface area contributed by atoms with Gasteiger partial charge >= 0.3 is 0 Å². The average Bonchev–Trinajstić information content (AvgIpc) is 2.96.